The van der Waals surface area contributed by atoms with Crippen LogP contribution in [0.5, 0.6) is 0 Å². The normalized spacial score (nSPS) is 19.4. The number of benzene rings is 1. The first kappa shape index (κ1) is 15.6. The lowest BCUT2D eigenvalue weighted by Gasteiger charge is -2.17. The van der Waals surface area contributed by atoms with Gasteiger partial charge in [0.05, 0.1) is 0 Å². The fourth-order valence-electron chi connectivity index (χ4n) is 2.84. The minimum atomic E-state index is -0.595. The van der Waals surface area contributed by atoms with Gasteiger partial charge in [0.2, 0.25) is 5.91 Å². The summed E-state index contributed by atoms with van der Waals surface area (Å²) in [5, 5.41) is 0. The molecule has 1 saturated carbocycles. The van der Waals surface area contributed by atoms with Crippen LogP contribution in [0, 0.1) is 17.6 Å². The molecule has 2 atom stereocenters. The first-order valence-electron chi connectivity index (χ1n) is 7.66. The second-order valence-corrected chi connectivity index (χ2v) is 5.95. The van der Waals surface area contributed by atoms with E-state index in [-0.39, 0.29) is 17.7 Å². The van der Waals surface area contributed by atoms with Crippen molar-refractivity contribution in [3.05, 3.63) is 65.5 Å². The van der Waals surface area contributed by atoms with Gasteiger partial charge >= 0.3 is 0 Å². The zero-order valence-electron chi connectivity index (χ0n) is 12.9. The number of nitrogens with zero attached hydrogens (tertiary/aromatic N) is 2. The second kappa shape index (κ2) is 6.44. The van der Waals surface area contributed by atoms with Crippen LogP contribution in [0.15, 0.2) is 42.6 Å². The lowest BCUT2D eigenvalue weighted by Crippen LogP contribution is -2.30. The molecule has 3 rings (SSSR count). The highest BCUT2D eigenvalue weighted by atomic mass is 19.1. The van der Waals surface area contributed by atoms with Gasteiger partial charge in [-0.2, -0.15) is 0 Å². The predicted octanol–water partition coefficient (Wildman–Crippen LogP) is 3.16. The largest absolute Gasteiger partial charge is 0.345 e. The molecule has 0 N–H and O–H groups in total. The highest BCUT2D eigenvalue weighted by Gasteiger charge is 2.46. The number of amides is 1. The SMILES string of the molecule is CN(CCc1ccccn1)C(=O)[C@@H]1C[C@@H]1c1ccc(F)cc1F. The predicted molar refractivity (Wildman–Crippen MR) is 82.8 cm³/mol. The van der Waals surface area contributed by atoms with E-state index in [1.165, 1.54) is 12.1 Å². The van der Waals surface area contributed by atoms with Crippen LogP contribution >= 0.6 is 0 Å². The Balaban J connectivity index is 1.57. The number of carbonyl (C=O) groups is 1. The average Bonchev–Trinajstić information content (AvgIpc) is 3.33. The van der Waals surface area contributed by atoms with Gasteiger partial charge in [0.1, 0.15) is 11.6 Å². The van der Waals surface area contributed by atoms with Crippen molar-refractivity contribution in [2.75, 3.05) is 13.6 Å². The first-order valence-corrected chi connectivity index (χ1v) is 7.66. The van der Waals surface area contributed by atoms with Crippen molar-refractivity contribution in [3.63, 3.8) is 0 Å². The van der Waals surface area contributed by atoms with E-state index < -0.39 is 11.6 Å². The molecule has 2 aromatic rings. The molecule has 23 heavy (non-hydrogen) atoms. The Labute approximate surface area is 134 Å². The third-order valence-corrected chi connectivity index (χ3v) is 4.28. The van der Waals surface area contributed by atoms with E-state index in [0.717, 1.165) is 11.8 Å². The van der Waals surface area contributed by atoms with Crippen LogP contribution in [-0.2, 0) is 11.2 Å². The molecule has 3 nitrogen and oxygen atoms in total. The molecule has 0 bridgehead atoms. The van der Waals surface area contributed by atoms with Gasteiger partial charge in [-0.3, -0.25) is 9.78 Å². The lowest BCUT2D eigenvalue weighted by atomic mass is 10.1. The topological polar surface area (TPSA) is 33.2 Å². The molecule has 1 aliphatic carbocycles. The van der Waals surface area contributed by atoms with Gasteiger partial charge in [-0.25, -0.2) is 8.78 Å². The van der Waals surface area contributed by atoms with E-state index in [1.807, 2.05) is 18.2 Å². The molecule has 1 aromatic carbocycles. The third-order valence-electron chi connectivity index (χ3n) is 4.28. The third kappa shape index (κ3) is 3.55. The summed E-state index contributed by atoms with van der Waals surface area (Å²) >= 11 is 0. The van der Waals surface area contributed by atoms with Gasteiger partial charge in [0, 0.05) is 43.9 Å². The van der Waals surface area contributed by atoms with Gasteiger partial charge in [0.25, 0.3) is 0 Å². The minimum absolute atomic E-state index is 0.00894. The van der Waals surface area contributed by atoms with Crippen molar-refractivity contribution in [2.24, 2.45) is 5.92 Å². The second-order valence-electron chi connectivity index (χ2n) is 5.95. The summed E-state index contributed by atoms with van der Waals surface area (Å²) in [6.45, 7) is 0.574. The van der Waals surface area contributed by atoms with Crippen LogP contribution in [-0.4, -0.2) is 29.4 Å². The zero-order chi connectivity index (χ0) is 16.4. The molecule has 120 valence electrons. The number of likely N-dealkylation sites (N-methyl/N-ethyl adjacent to an activating group) is 1. The standard InChI is InChI=1S/C18H18F2N2O/c1-22(9-7-13-4-2-3-8-21-13)18(23)16-11-15(16)14-6-5-12(19)10-17(14)20/h2-6,8,10,15-16H,7,9,11H2,1H3/t15-,16-/m1/s1. The van der Waals surface area contributed by atoms with Crippen LogP contribution in [0.2, 0.25) is 0 Å². The lowest BCUT2D eigenvalue weighted by molar-refractivity contribution is -0.131. The summed E-state index contributed by atoms with van der Waals surface area (Å²) in [6, 6.07) is 9.24. The molecule has 1 aliphatic rings. The van der Waals surface area contributed by atoms with E-state index in [0.29, 0.717) is 24.9 Å². The molecular formula is C18H18F2N2O. The molecule has 0 radical (unpaired) electrons. The Morgan fingerprint density at radius 1 is 1.30 bits per heavy atom. The average molecular weight is 316 g/mol. The van der Waals surface area contributed by atoms with Crippen molar-refractivity contribution in [1.82, 2.24) is 9.88 Å². The molecule has 5 heteroatoms. The summed E-state index contributed by atoms with van der Waals surface area (Å²) in [7, 11) is 1.75. The Morgan fingerprint density at radius 2 is 2.13 bits per heavy atom. The van der Waals surface area contributed by atoms with Crippen molar-refractivity contribution in [1.29, 1.82) is 0 Å². The molecule has 1 fully saturated rings. The van der Waals surface area contributed by atoms with E-state index in [2.05, 4.69) is 4.98 Å². The molecule has 0 spiro atoms. The Morgan fingerprint density at radius 3 is 2.83 bits per heavy atom. The summed E-state index contributed by atoms with van der Waals surface area (Å²) in [6.07, 6.45) is 3.03. The summed E-state index contributed by atoms with van der Waals surface area (Å²) in [5.41, 5.74) is 1.37. The van der Waals surface area contributed by atoms with Crippen LogP contribution in [0.3, 0.4) is 0 Å². The van der Waals surface area contributed by atoms with Crippen molar-refractivity contribution >= 4 is 5.91 Å². The zero-order valence-corrected chi connectivity index (χ0v) is 12.9. The van der Waals surface area contributed by atoms with Crippen LogP contribution < -0.4 is 0 Å². The maximum Gasteiger partial charge on any atom is 0.226 e. The summed E-state index contributed by atoms with van der Waals surface area (Å²) in [5.74, 6) is -1.50. The minimum Gasteiger partial charge on any atom is -0.345 e. The summed E-state index contributed by atoms with van der Waals surface area (Å²) < 4.78 is 26.7. The molecule has 0 saturated heterocycles. The van der Waals surface area contributed by atoms with Gasteiger partial charge in [-0.15, -0.1) is 0 Å². The monoisotopic (exact) mass is 316 g/mol. The Bertz CT molecular complexity index is 705. The number of rotatable bonds is 5. The molecule has 1 amide bonds. The smallest absolute Gasteiger partial charge is 0.226 e. The number of carbonyl (C=O) groups excluding carboxylic acids is 1. The maximum absolute atomic E-state index is 13.8. The van der Waals surface area contributed by atoms with E-state index in [4.69, 9.17) is 0 Å². The number of hydrogen-bond acceptors (Lipinski definition) is 2. The number of halogens is 2. The van der Waals surface area contributed by atoms with Crippen LogP contribution in [0.4, 0.5) is 8.78 Å². The van der Waals surface area contributed by atoms with Crippen molar-refractivity contribution in [3.8, 4) is 0 Å². The molecular weight excluding hydrogens is 298 g/mol. The van der Waals surface area contributed by atoms with Gasteiger partial charge in [-0.05, 0) is 36.1 Å². The van der Waals surface area contributed by atoms with Crippen LogP contribution in [0.25, 0.3) is 0 Å². The fraction of sp³-hybridized carbons (Fsp3) is 0.333. The van der Waals surface area contributed by atoms with Gasteiger partial charge in [0.15, 0.2) is 0 Å². The van der Waals surface area contributed by atoms with E-state index >= 15 is 0 Å². The van der Waals surface area contributed by atoms with Crippen molar-refractivity contribution < 1.29 is 13.6 Å². The number of aromatic nitrogens is 1. The van der Waals surface area contributed by atoms with E-state index in [1.54, 1.807) is 18.1 Å². The first-order chi connectivity index (χ1) is 11.1. The maximum atomic E-state index is 13.8. The van der Waals surface area contributed by atoms with E-state index in [9.17, 15) is 13.6 Å². The van der Waals surface area contributed by atoms with Gasteiger partial charge < -0.3 is 4.90 Å². The molecule has 1 heterocycles. The highest BCUT2D eigenvalue weighted by molar-refractivity contribution is 5.82. The number of hydrogen-bond donors (Lipinski definition) is 0. The Hall–Kier alpha value is -2.30. The molecule has 0 aliphatic heterocycles. The molecule has 1 aromatic heterocycles. The summed E-state index contributed by atoms with van der Waals surface area (Å²) in [4.78, 5) is 18.3. The van der Waals surface area contributed by atoms with Gasteiger partial charge in [-0.1, -0.05) is 12.1 Å². The molecule has 0 unspecified atom stereocenters. The number of pyridine rings is 1. The highest BCUT2D eigenvalue weighted by Crippen LogP contribution is 2.49. The fourth-order valence-corrected chi connectivity index (χ4v) is 2.84. The van der Waals surface area contributed by atoms with Crippen LogP contribution in [0.1, 0.15) is 23.6 Å². The van der Waals surface area contributed by atoms with Crippen molar-refractivity contribution in [2.45, 2.75) is 18.8 Å². The quantitative estimate of drug-likeness (QED) is 0.849. The Kier molecular flexibility index (Phi) is 4.37.